The fourth-order valence-electron chi connectivity index (χ4n) is 2.29. The summed E-state index contributed by atoms with van der Waals surface area (Å²) in [7, 11) is -3.50. The van der Waals surface area contributed by atoms with Gasteiger partial charge in [0.25, 0.3) is 10.1 Å². The molecule has 1 N–H and O–H groups in total. The molecule has 168 valence electrons. The number of aliphatic hydroxyl groups is 1. The van der Waals surface area contributed by atoms with Gasteiger partial charge in [-0.1, -0.05) is 34.8 Å². The van der Waals surface area contributed by atoms with Gasteiger partial charge in [-0.25, -0.2) is 0 Å². The van der Waals surface area contributed by atoms with Crippen molar-refractivity contribution in [3.63, 3.8) is 0 Å². The average molecular weight is 493 g/mol. The van der Waals surface area contributed by atoms with Crippen LogP contribution in [0, 0.1) is 0 Å². The van der Waals surface area contributed by atoms with Crippen molar-refractivity contribution in [2.45, 2.75) is 26.1 Å². The molecule has 0 aromatic carbocycles. The highest BCUT2D eigenvalue weighted by molar-refractivity contribution is 7.86. The van der Waals surface area contributed by atoms with E-state index in [4.69, 9.17) is 4.18 Å². The van der Waals surface area contributed by atoms with Gasteiger partial charge in [0.05, 0.1) is 6.26 Å². The average Bonchev–Trinajstić information content (AvgIpc) is 3.45. The summed E-state index contributed by atoms with van der Waals surface area (Å²) in [5.74, 6) is 0. The third-order valence-electron chi connectivity index (χ3n) is 3.67. The normalized spacial score (nSPS) is 13.1. The minimum Gasteiger partial charge on any atom is -0.386 e. The molecule has 0 bridgehead atoms. The maximum absolute atomic E-state index is 11.0. The van der Waals surface area contributed by atoms with E-state index in [2.05, 4.69) is 30.4 Å². The summed E-state index contributed by atoms with van der Waals surface area (Å²) in [6.07, 6.45) is 3.16. The molecular weight excluding hydrogens is 472 g/mol. The molecular formula is C19H20N6O4S3. The fraction of sp³-hybridized carbons (Fsp3) is 0.263. The Kier molecular flexibility index (Phi) is 8.04. The molecule has 2 unspecified atom stereocenters. The lowest BCUT2D eigenvalue weighted by Crippen LogP contribution is -2.07. The van der Waals surface area contributed by atoms with Crippen LogP contribution < -0.4 is 0 Å². The number of hydrogen-bond donors (Lipinski definition) is 1. The molecule has 10 nitrogen and oxygen atoms in total. The number of aromatic nitrogens is 6. The van der Waals surface area contributed by atoms with Crippen molar-refractivity contribution < 1.29 is 17.7 Å². The number of rotatable bonds is 6. The molecule has 0 radical (unpaired) electrons. The highest BCUT2D eigenvalue weighted by atomic mass is 32.2. The number of nitrogens with zero attached hydrogens (tertiary/aromatic N) is 6. The van der Waals surface area contributed by atoms with Crippen LogP contribution in [0.2, 0.25) is 0 Å². The summed E-state index contributed by atoms with van der Waals surface area (Å²) in [5.41, 5.74) is 1.49. The summed E-state index contributed by atoms with van der Waals surface area (Å²) in [6, 6.07) is 11.1. The van der Waals surface area contributed by atoms with E-state index in [0.29, 0.717) is 20.7 Å². The van der Waals surface area contributed by atoms with Gasteiger partial charge in [-0.2, -0.15) is 8.42 Å². The lowest BCUT2D eigenvalue weighted by Gasteiger charge is -2.05. The molecule has 4 aromatic heterocycles. The molecule has 32 heavy (non-hydrogen) atoms. The van der Waals surface area contributed by atoms with E-state index < -0.39 is 22.3 Å². The lowest BCUT2D eigenvalue weighted by atomic mass is 10.4. The van der Waals surface area contributed by atoms with Crippen molar-refractivity contribution in [1.82, 2.24) is 30.4 Å². The highest BCUT2D eigenvalue weighted by Crippen LogP contribution is 2.27. The first kappa shape index (κ1) is 23.9. The van der Waals surface area contributed by atoms with Gasteiger partial charge >= 0.3 is 0 Å². The Hall–Kier alpha value is -2.71. The molecule has 0 aliphatic heterocycles. The molecule has 13 heteroatoms. The van der Waals surface area contributed by atoms with E-state index in [1.54, 1.807) is 32.3 Å². The zero-order valence-corrected chi connectivity index (χ0v) is 19.8. The Balaban J connectivity index is 0.000000186. The number of hydrogen-bond acceptors (Lipinski definition) is 12. The third-order valence-corrected chi connectivity index (χ3v) is 6.53. The third kappa shape index (κ3) is 6.90. The van der Waals surface area contributed by atoms with Gasteiger partial charge in [0, 0.05) is 12.4 Å². The molecule has 4 aromatic rings. The minimum absolute atomic E-state index is 0.501. The van der Waals surface area contributed by atoms with Crippen LogP contribution in [0.4, 0.5) is 0 Å². The highest BCUT2D eigenvalue weighted by Gasteiger charge is 2.18. The second kappa shape index (κ2) is 10.7. The molecule has 0 aliphatic rings. The number of aliphatic hydroxyl groups excluding tert-OH is 1. The lowest BCUT2D eigenvalue weighted by molar-refractivity contribution is 0.198. The predicted octanol–water partition coefficient (Wildman–Crippen LogP) is 3.29. The quantitative estimate of drug-likeness (QED) is 0.398. The van der Waals surface area contributed by atoms with E-state index in [1.807, 2.05) is 30.3 Å². The molecule has 0 fully saturated rings. The van der Waals surface area contributed by atoms with Crippen LogP contribution >= 0.6 is 22.7 Å². The van der Waals surface area contributed by atoms with Crippen LogP contribution in [-0.4, -0.2) is 50.1 Å². The molecule has 0 saturated heterocycles. The monoisotopic (exact) mass is 492 g/mol. The maximum atomic E-state index is 11.0. The summed E-state index contributed by atoms with van der Waals surface area (Å²) < 4.78 is 26.9. The van der Waals surface area contributed by atoms with Gasteiger partial charge in [-0.3, -0.25) is 14.2 Å². The van der Waals surface area contributed by atoms with Crippen LogP contribution in [0.3, 0.4) is 0 Å². The maximum Gasteiger partial charge on any atom is 0.265 e. The fourth-order valence-corrected chi connectivity index (χ4v) is 4.53. The van der Waals surface area contributed by atoms with Gasteiger partial charge in [0.15, 0.2) is 10.0 Å². The van der Waals surface area contributed by atoms with Crippen LogP contribution in [0.15, 0.2) is 48.8 Å². The molecule has 4 rings (SSSR count). The summed E-state index contributed by atoms with van der Waals surface area (Å²) in [5, 5.41) is 27.5. The van der Waals surface area contributed by atoms with E-state index in [0.717, 1.165) is 17.0 Å². The number of pyridine rings is 2. The molecule has 4 heterocycles. The molecule has 2 atom stereocenters. The van der Waals surface area contributed by atoms with E-state index in [9.17, 15) is 13.5 Å². The first-order valence-electron chi connectivity index (χ1n) is 9.29. The summed E-state index contributed by atoms with van der Waals surface area (Å²) >= 11 is 2.62. The SMILES string of the molecule is CC(O)c1nnc(-c2ccccn2)s1.CC(OS(C)(=O)=O)c1nnc(-c2ccccn2)s1. The Morgan fingerprint density at radius 1 is 0.844 bits per heavy atom. The molecule has 0 saturated carbocycles. The van der Waals surface area contributed by atoms with Crippen LogP contribution in [-0.2, 0) is 14.3 Å². The first-order valence-corrected chi connectivity index (χ1v) is 12.7. The second-order valence-electron chi connectivity index (χ2n) is 6.44. The summed E-state index contributed by atoms with van der Waals surface area (Å²) in [6.45, 7) is 3.28. The van der Waals surface area contributed by atoms with Crippen molar-refractivity contribution in [2.24, 2.45) is 0 Å². The minimum atomic E-state index is -3.50. The summed E-state index contributed by atoms with van der Waals surface area (Å²) in [4.78, 5) is 8.29. The zero-order valence-electron chi connectivity index (χ0n) is 17.4. The van der Waals surface area contributed by atoms with Crippen molar-refractivity contribution in [2.75, 3.05) is 6.26 Å². The van der Waals surface area contributed by atoms with Gasteiger partial charge in [-0.15, -0.1) is 20.4 Å². The van der Waals surface area contributed by atoms with E-state index in [1.165, 1.54) is 22.7 Å². The van der Waals surface area contributed by atoms with Gasteiger partial charge in [0.2, 0.25) is 0 Å². The van der Waals surface area contributed by atoms with Crippen molar-refractivity contribution in [1.29, 1.82) is 0 Å². The Morgan fingerprint density at radius 2 is 1.34 bits per heavy atom. The van der Waals surface area contributed by atoms with Gasteiger partial charge in [-0.05, 0) is 38.1 Å². The van der Waals surface area contributed by atoms with E-state index >= 15 is 0 Å². The topological polar surface area (TPSA) is 141 Å². The molecule has 0 amide bonds. The Labute approximate surface area is 193 Å². The Bertz CT molecular complexity index is 1230. The smallest absolute Gasteiger partial charge is 0.265 e. The predicted molar refractivity (Wildman–Crippen MR) is 121 cm³/mol. The molecule has 0 spiro atoms. The zero-order chi connectivity index (χ0) is 23.1. The standard InChI is InChI=1S/C10H11N3O3S2.C9H9N3OS/c1-7(16-18(2,14)15)9-12-13-10(17-9)8-5-3-4-6-11-8;1-6(13)8-11-12-9(14-8)7-4-2-3-5-10-7/h3-7H,1-2H3;2-6,13H,1H3. The van der Waals surface area contributed by atoms with Crippen LogP contribution in [0.5, 0.6) is 0 Å². The van der Waals surface area contributed by atoms with Crippen molar-refractivity contribution in [3.05, 3.63) is 58.8 Å². The van der Waals surface area contributed by atoms with Crippen molar-refractivity contribution in [3.8, 4) is 21.4 Å². The van der Waals surface area contributed by atoms with Crippen molar-refractivity contribution >= 4 is 32.8 Å². The van der Waals surface area contributed by atoms with Gasteiger partial charge in [0.1, 0.15) is 33.6 Å². The molecule has 0 aliphatic carbocycles. The van der Waals surface area contributed by atoms with Gasteiger partial charge < -0.3 is 5.11 Å². The largest absolute Gasteiger partial charge is 0.386 e. The van der Waals surface area contributed by atoms with Crippen LogP contribution in [0.25, 0.3) is 21.4 Å². The second-order valence-corrected chi connectivity index (χ2v) is 10.1. The first-order chi connectivity index (χ1) is 15.2. The Morgan fingerprint density at radius 3 is 1.75 bits per heavy atom. The van der Waals surface area contributed by atoms with Crippen LogP contribution in [0.1, 0.15) is 36.1 Å². The van der Waals surface area contributed by atoms with E-state index in [-0.39, 0.29) is 0 Å².